The first-order valence-corrected chi connectivity index (χ1v) is 8.39. The lowest BCUT2D eigenvalue weighted by molar-refractivity contribution is 0.0973. The molecule has 0 radical (unpaired) electrons. The standard InChI is InChI=1S/C19H19N3O2S/c1-2-3-12-24-17-11-7-5-9-15(17)18(23)22-19(25)21-16-10-6-4-8-14(16)13-20/h4-11H,2-3,12H2,1H3,(H2,21,22,23,25). The molecular formula is C19H19N3O2S. The fourth-order valence-corrected chi connectivity index (χ4v) is 2.32. The Bertz CT molecular complexity index is 799. The molecule has 0 spiro atoms. The highest BCUT2D eigenvalue weighted by molar-refractivity contribution is 7.80. The Balaban J connectivity index is 2.04. The molecule has 0 aromatic heterocycles. The highest BCUT2D eigenvalue weighted by atomic mass is 32.1. The molecular weight excluding hydrogens is 334 g/mol. The molecule has 0 aliphatic carbocycles. The van der Waals surface area contributed by atoms with Gasteiger partial charge in [0.1, 0.15) is 11.8 Å². The minimum Gasteiger partial charge on any atom is -0.493 e. The van der Waals surface area contributed by atoms with Crippen molar-refractivity contribution in [3.05, 3.63) is 59.7 Å². The van der Waals surface area contributed by atoms with Crippen molar-refractivity contribution in [2.24, 2.45) is 0 Å². The Hall–Kier alpha value is -2.91. The second kappa shape index (κ2) is 9.40. The molecule has 0 aliphatic rings. The lowest BCUT2D eigenvalue weighted by Crippen LogP contribution is -2.34. The number of nitrogens with one attached hydrogen (secondary N) is 2. The van der Waals surface area contributed by atoms with Crippen LogP contribution < -0.4 is 15.4 Å². The zero-order valence-corrected chi connectivity index (χ0v) is 14.7. The van der Waals surface area contributed by atoms with E-state index in [9.17, 15) is 4.79 Å². The van der Waals surface area contributed by atoms with Gasteiger partial charge in [0.15, 0.2) is 5.11 Å². The van der Waals surface area contributed by atoms with Gasteiger partial charge in [-0.3, -0.25) is 10.1 Å². The zero-order chi connectivity index (χ0) is 18.1. The van der Waals surface area contributed by atoms with Crippen molar-refractivity contribution in [2.75, 3.05) is 11.9 Å². The van der Waals surface area contributed by atoms with Gasteiger partial charge in [-0.2, -0.15) is 5.26 Å². The molecule has 0 saturated carbocycles. The summed E-state index contributed by atoms with van der Waals surface area (Å²) in [6, 6.07) is 16.0. The molecule has 2 aromatic rings. The van der Waals surface area contributed by atoms with Crippen LogP contribution in [0.1, 0.15) is 35.7 Å². The Morgan fingerprint density at radius 1 is 1.20 bits per heavy atom. The van der Waals surface area contributed by atoms with Crippen LogP contribution in [0.15, 0.2) is 48.5 Å². The summed E-state index contributed by atoms with van der Waals surface area (Å²) in [5.41, 5.74) is 1.40. The molecule has 5 nitrogen and oxygen atoms in total. The van der Waals surface area contributed by atoms with E-state index in [2.05, 4.69) is 23.6 Å². The van der Waals surface area contributed by atoms with E-state index in [1.54, 1.807) is 42.5 Å². The molecule has 0 fully saturated rings. The Morgan fingerprint density at radius 2 is 1.92 bits per heavy atom. The molecule has 25 heavy (non-hydrogen) atoms. The maximum absolute atomic E-state index is 12.5. The third kappa shape index (κ3) is 5.30. The van der Waals surface area contributed by atoms with Crippen molar-refractivity contribution >= 4 is 28.9 Å². The van der Waals surface area contributed by atoms with Gasteiger partial charge >= 0.3 is 0 Å². The molecule has 2 aromatic carbocycles. The van der Waals surface area contributed by atoms with Crippen LogP contribution in [0.3, 0.4) is 0 Å². The number of benzene rings is 2. The number of thiocarbonyl (C=S) groups is 1. The Morgan fingerprint density at radius 3 is 2.68 bits per heavy atom. The first-order valence-electron chi connectivity index (χ1n) is 7.99. The van der Waals surface area contributed by atoms with E-state index in [0.29, 0.717) is 29.2 Å². The number of rotatable bonds is 6. The average molecular weight is 353 g/mol. The van der Waals surface area contributed by atoms with Crippen LogP contribution >= 0.6 is 12.2 Å². The van der Waals surface area contributed by atoms with Gasteiger partial charge in [-0.15, -0.1) is 0 Å². The van der Waals surface area contributed by atoms with Crippen LogP contribution in [-0.2, 0) is 0 Å². The molecule has 1 amide bonds. The van der Waals surface area contributed by atoms with Crippen molar-refractivity contribution < 1.29 is 9.53 Å². The SMILES string of the molecule is CCCCOc1ccccc1C(=O)NC(=S)Nc1ccccc1C#N. The van der Waals surface area contributed by atoms with E-state index in [-0.39, 0.29) is 11.0 Å². The fraction of sp³-hybridized carbons (Fsp3) is 0.211. The molecule has 0 saturated heterocycles. The number of hydrogen-bond acceptors (Lipinski definition) is 4. The van der Waals surface area contributed by atoms with Crippen LogP contribution in [0.4, 0.5) is 5.69 Å². The quantitative estimate of drug-likeness (QED) is 0.609. The zero-order valence-electron chi connectivity index (χ0n) is 13.9. The van der Waals surface area contributed by atoms with Gasteiger partial charge in [0.25, 0.3) is 5.91 Å². The summed E-state index contributed by atoms with van der Waals surface area (Å²) < 4.78 is 5.67. The second-order valence-electron chi connectivity index (χ2n) is 5.26. The number of carbonyl (C=O) groups excluding carboxylic acids is 1. The van der Waals surface area contributed by atoms with Crippen molar-refractivity contribution in [1.29, 1.82) is 5.26 Å². The molecule has 0 bridgehead atoms. The number of carbonyl (C=O) groups is 1. The minimum absolute atomic E-state index is 0.121. The van der Waals surface area contributed by atoms with E-state index < -0.39 is 0 Å². The number of ether oxygens (including phenoxy) is 1. The molecule has 6 heteroatoms. The summed E-state index contributed by atoms with van der Waals surface area (Å²) >= 11 is 5.18. The van der Waals surface area contributed by atoms with E-state index in [1.165, 1.54) is 0 Å². The van der Waals surface area contributed by atoms with E-state index in [0.717, 1.165) is 12.8 Å². The summed E-state index contributed by atoms with van der Waals surface area (Å²) in [5, 5.41) is 14.7. The number of nitrogens with zero attached hydrogens (tertiary/aromatic N) is 1. The van der Waals surface area contributed by atoms with Gasteiger partial charge in [0.2, 0.25) is 0 Å². The first-order chi connectivity index (χ1) is 12.2. The van der Waals surface area contributed by atoms with Crippen molar-refractivity contribution in [3.8, 4) is 11.8 Å². The Kier molecular flexibility index (Phi) is 6.93. The normalized spacial score (nSPS) is 9.76. The third-order valence-electron chi connectivity index (χ3n) is 3.41. The highest BCUT2D eigenvalue weighted by Crippen LogP contribution is 2.18. The number of para-hydroxylation sites is 2. The molecule has 0 unspecified atom stereocenters. The van der Waals surface area contributed by atoms with Gasteiger partial charge < -0.3 is 10.1 Å². The number of hydrogen-bond donors (Lipinski definition) is 2. The summed E-state index contributed by atoms with van der Waals surface area (Å²) in [7, 11) is 0. The van der Waals surface area contributed by atoms with Crippen molar-refractivity contribution in [3.63, 3.8) is 0 Å². The van der Waals surface area contributed by atoms with E-state index >= 15 is 0 Å². The van der Waals surface area contributed by atoms with Crippen molar-refractivity contribution in [1.82, 2.24) is 5.32 Å². The third-order valence-corrected chi connectivity index (χ3v) is 3.61. The van der Waals surface area contributed by atoms with Gasteiger partial charge in [-0.25, -0.2) is 0 Å². The summed E-state index contributed by atoms with van der Waals surface area (Å²) in [5.74, 6) is 0.160. The number of nitriles is 1. The topological polar surface area (TPSA) is 74.2 Å². The predicted octanol–water partition coefficient (Wildman–Crippen LogP) is 3.86. The summed E-state index contributed by atoms with van der Waals surface area (Å²) in [6.45, 7) is 2.63. The van der Waals surface area contributed by atoms with Crippen LogP contribution in [0.2, 0.25) is 0 Å². The monoisotopic (exact) mass is 353 g/mol. The van der Waals surface area contributed by atoms with Crippen molar-refractivity contribution in [2.45, 2.75) is 19.8 Å². The maximum Gasteiger partial charge on any atom is 0.261 e. The number of anilines is 1. The van der Waals surface area contributed by atoms with Crippen LogP contribution in [-0.4, -0.2) is 17.6 Å². The van der Waals surface area contributed by atoms with E-state index in [1.807, 2.05) is 6.07 Å². The van der Waals surface area contributed by atoms with E-state index in [4.69, 9.17) is 22.2 Å². The molecule has 0 aliphatic heterocycles. The largest absolute Gasteiger partial charge is 0.493 e. The fourth-order valence-electron chi connectivity index (χ4n) is 2.12. The Labute approximate surface area is 152 Å². The van der Waals surface area contributed by atoms with Gasteiger partial charge in [-0.05, 0) is 42.9 Å². The van der Waals surface area contributed by atoms with Crippen LogP contribution in [0.5, 0.6) is 5.75 Å². The minimum atomic E-state index is -0.362. The molecule has 2 N–H and O–H groups in total. The summed E-state index contributed by atoms with van der Waals surface area (Å²) in [6.07, 6.45) is 1.93. The molecule has 0 heterocycles. The predicted molar refractivity (Wildman–Crippen MR) is 102 cm³/mol. The van der Waals surface area contributed by atoms with Gasteiger partial charge in [-0.1, -0.05) is 37.6 Å². The van der Waals surface area contributed by atoms with Gasteiger partial charge in [0.05, 0.1) is 23.4 Å². The maximum atomic E-state index is 12.5. The van der Waals surface area contributed by atoms with Gasteiger partial charge in [0, 0.05) is 0 Å². The highest BCUT2D eigenvalue weighted by Gasteiger charge is 2.14. The molecule has 0 atom stereocenters. The summed E-state index contributed by atoms with van der Waals surface area (Å²) in [4.78, 5) is 12.5. The number of unbranched alkanes of at least 4 members (excludes halogenated alkanes) is 1. The van der Waals surface area contributed by atoms with Crippen LogP contribution in [0.25, 0.3) is 0 Å². The smallest absolute Gasteiger partial charge is 0.261 e. The lowest BCUT2D eigenvalue weighted by atomic mass is 10.2. The molecule has 2 rings (SSSR count). The second-order valence-corrected chi connectivity index (χ2v) is 5.67. The van der Waals surface area contributed by atoms with Crippen LogP contribution in [0, 0.1) is 11.3 Å². The number of amides is 1. The average Bonchev–Trinajstić information content (AvgIpc) is 2.62. The molecule has 128 valence electrons. The lowest BCUT2D eigenvalue weighted by Gasteiger charge is -2.13. The first kappa shape index (κ1) is 18.4.